The van der Waals surface area contributed by atoms with E-state index in [-0.39, 0.29) is 17.7 Å². The van der Waals surface area contributed by atoms with Gasteiger partial charge in [0.25, 0.3) is 5.91 Å². The van der Waals surface area contributed by atoms with Crippen molar-refractivity contribution in [3.8, 4) is 0 Å². The number of nitrogens with one attached hydrogen (secondary N) is 1. The van der Waals surface area contributed by atoms with Crippen LogP contribution in [-0.2, 0) is 4.79 Å². The van der Waals surface area contributed by atoms with Crippen LogP contribution >= 0.6 is 0 Å². The van der Waals surface area contributed by atoms with Crippen molar-refractivity contribution in [1.29, 1.82) is 0 Å². The molecule has 1 fully saturated rings. The molecule has 0 saturated carbocycles. The largest absolute Gasteiger partial charge is 0.366 e. The SMILES string of the molecule is CC(C)C(=O)N1CCN(c2ccccc2NC(=O)c2ccccc2)CC1. The molecule has 1 aliphatic rings. The summed E-state index contributed by atoms with van der Waals surface area (Å²) < 4.78 is 0. The maximum atomic E-state index is 12.5. The lowest BCUT2D eigenvalue weighted by Crippen LogP contribution is -2.50. The molecule has 1 saturated heterocycles. The standard InChI is InChI=1S/C21H25N3O2/c1-16(2)21(26)24-14-12-23(13-15-24)19-11-7-6-10-18(19)22-20(25)17-8-4-3-5-9-17/h3-11,16H,12-15H2,1-2H3,(H,22,25). The lowest BCUT2D eigenvalue weighted by atomic mass is 10.1. The first-order chi connectivity index (χ1) is 12.6. The number of benzene rings is 2. The number of rotatable bonds is 4. The van der Waals surface area contributed by atoms with E-state index in [0.717, 1.165) is 24.5 Å². The monoisotopic (exact) mass is 351 g/mol. The van der Waals surface area contributed by atoms with Crippen molar-refractivity contribution in [2.45, 2.75) is 13.8 Å². The molecule has 5 heteroatoms. The van der Waals surface area contributed by atoms with Crippen LogP contribution in [0, 0.1) is 5.92 Å². The van der Waals surface area contributed by atoms with Crippen LogP contribution in [0.15, 0.2) is 54.6 Å². The molecule has 1 N–H and O–H groups in total. The fraction of sp³-hybridized carbons (Fsp3) is 0.333. The highest BCUT2D eigenvalue weighted by Crippen LogP contribution is 2.27. The molecule has 0 atom stereocenters. The summed E-state index contributed by atoms with van der Waals surface area (Å²) in [7, 11) is 0. The number of hydrogen-bond donors (Lipinski definition) is 1. The van der Waals surface area contributed by atoms with Gasteiger partial charge in [0.15, 0.2) is 0 Å². The van der Waals surface area contributed by atoms with E-state index in [0.29, 0.717) is 18.7 Å². The third-order valence-electron chi connectivity index (χ3n) is 4.61. The van der Waals surface area contributed by atoms with Crippen molar-refractivity contribution >= 4 is 23.2 Å². The quantitative estimate of drug-likeness (QED) is 0.920. The lowest BCUT2D eigenvalue weighted by molar-refractivity contribution is -0.134. The first-order valence-electron chi connectivity index (χ1n) is 9.05. The van der Waals surface area contributed by atoms with Gasteiger partial charge < -0.3 is 15.1 Å². The van der Waals surface area contributed by atoms with Crippen LogP contribution in [0.25, 0.3) is 0 Å². The third kappa shape index (κ3) is 4.04. The van der Waals surface area contributed by atoms with Gasteiger partial charge >= 0.3 is 0 Å². The number of piperazine rings is 1. The van der Waals surface area contributed by atoms with Crippen molar-refractivity contribution < 1.29 is 9.59 Å². The van der Waals surface area contributed by atoms with E-state index in [1.165, 1.54) is 0 Å². The average molecular weight is 351 g/mol. The number of amides is 2. The summed E-state index contributed by atoms with van der Waals surface area (Å²) in [6.07, 6.45) is 0. The van der Waals surface area contributed by atoms with Crippen LogP contribution in [0.1, 0.15) is 24.2 Å². The molecule has 26 heavy (non-hydrogen) atoms. The summed E-state index contributed by atoms with van der Waals surface area (Å²) in [5.74, 6) is 0.112. The van der Waals surface area contributed by atoms with Crippen LogP contribution < -0.4 is 10.2 Å². The van der Waals surface area contributed by atoms with Crippen molar-refractivity contribution in [2.75, 3.05) is 36.4 Å². The molecule has 5 nitrogen and oxygen atoms in total. The van der Waals surface area contributed by atoms with Crippen molar-refractivity contribution in [2.24, 2.45) is 5.92 Å². The average Bonchev–Trinajstić information content (AvgIpc) is 2.68. The van der Waals surface area contributed by atoms with Crippen LogP contribution in [0.5, 0.6) is 0 Å². The Bertz CT molecular complexity index is 766. The molecule has 1 heterocycles. The first kappa shape index (κ1) is 18.0. The highest BCUT2D eigenvalue weighted by Gasteiger charge is 2.24. The summed E-state index contributed by atoms with van der Waals surface area (Å²) in [4.78, 5) is 28.8. The van der Waals surface area contributed by atoms with E-state index in [1.54, 1.807) is 12.1 Å². The minimum atomic E-state index is -0.119. The van der Waals surface area contributed by atoms with Crippen LogP contribution in [0.4, 0.5) is 11.4 Å². The molecule has 0 aliphatic carbocycles. The Morgan fingerprint density at radius 1 is 0.885 bits per heavy atom. The Labute approximate surface area is 154 Å². The van der Waals surface area contributed by atoms with Crippen molar-refractivity contribution in [1.82, 2.24) is 4.90 Å². The number of para-hydroxylation sites is 2. The van der Waals surface area contributed by atoms with Crippen LogP contribution in [0.2, 0.25) is 0 Å². The molecule has 0 spiro atoms. The Kier molecular flexibility index (Phi) is 5.56. The molecule has 0 aromatic heterocycles. The summed E-state index contributed by atoms with van der Waals surface area (Å²) in [6.45, 7) is 6.80. The maximum absolute atomic E-state index is 12.5. The Balaban J connectivity index is 1.70. The van der Waals surface area contributed by atoms with Crippen LogP contribution in [0.3, 0.4) is 0 Å². The molecule has 2 amide bonds. The van der Waals surface area contributed by atoms with Crippen LogP contribution in [-0.4, -0.2) is 42.9 Å². The summed E-state index contributed by atoms with van der Waals surface area (Å²) in [5.41, 5.74) is 2.42. The van der Waals surface area contributed by atoms with Gasteiger partial charge in [-0.25, -0.2) is 0 Å². The zero-order chi connectivity index (χ0) is 18.5. The van der Waals surface area contributed by atoms with Gasteiger partial charge in [-0.15, -0.1) is 0 Å². The zero-order valence-corrected chi connectivity index (χ0v) is 15.3. The molecular weight excluding hydrogens is 326 g/mol. The van der Waals surface area contributed by atoms with Gasteiger partial charge in [0.1, 0.15) is 0 Å². The number of anilines is 2. The van der Waals surface area contributed by atoms with Crippen molar-refractivity contribution in [3.63, 3.8) is 0 Å². The third-order valence-corrected chi connectivity index (χ3v) is 4.61. The van der Waals surface area contributed by atoms with Gasteiger partial charge in [-0.3, -0.25) is 9.59 Å². The second kappa shape index (κ2) is 8.04. The summed E-state index contributed by atoms with van der Waals surface area (Å²) >= 11 is 0. The Morgan fingerprint density at radius 3 is 2.15 bits per heavy atom. The molecule has 2 aromatic carbocycles. The van der Waals surface area contributed by atoms with E-state index >= 15 is 0 Å². The lowest BCUT2D eigenvalue weighted by Gasteiger charge is -2.37. The minimum Gasteiger partial charge on any atom is -0.366 e. The number of hydrogen-bond acceptors (Lipinski definition) is 3. The van der Waals surface area contributed by atoms with Gasteiger partial charge in [-0.2, -0.15) is 0 Å². The molecule has 0 radical (unpaired) electrons. The molecule has 2 aromatic rings. The summed E-state index contributed by atoms with van der Waals surface area (Å²) in [6, 6.07) is 17.0. The molecular formula is C21H25N3O2. The fourth-order valence-corrected chi connectivity index (χ4v) is 3.17. The van der Waals surface area contributed by atoms with E-state index in [2.05, 4.69) is 10.2 Å². The number of carbonyl (C=O) groups excluding carboxylic acids is 2. The second-order valence-corrected chi connectivity index (χ2v) is 6.80. The van der Waals surface area contributed by atoms with Gasteiger partial charge in [0, 0.05) is 37.7 Å². The molecule has 0 bridgehead atoms. The normalized spacial score (nSPS) is 14.4. The highest BCUT2D eigenvalue weighted by atomic mass is 16.2. The van der Waals surface area contributed by atoms with Gasteiger partial charge in [0.05, 0.1) is 11.4 Å². The predicted octanol–water partition coefficient (Wildman–Crippen LogP) is 3.24. The van der Waals surface area contributed by atoms with Gasteiger partial charge in [-0.05, 0) is 24.3 Å². The minimum absolute atomic E-state index is 0.0268. The molecule has 136 valence electrons. The molecule has 0 unspecified atom stereocenters. The van der Waals surface area contributed by atoms with Crippen molar-refractivity contribution in [3.05, 3.63) is 60.2 Å². The van der Waals surface area contributed by atoms with E-state index in [9.17, 15) is 9.59 Å². The van der Waals surface area contributed by atoms with Gasteiger partial charge in [-0.1, -0.05) is 44.2 Å². The van der Waals surface area contributed by atoms with E-state index < -0.39 is 0 Å². The number of carbonyl (C=O) groups is 2. The van der Waals surface area contributed by atoms with E-state index in [4.69, 9.17) is 0 Å². The maximum Gasteiger partial charge on any atom is 0.255 e. The Hall–Kier alpha value is -2.82. The number of nitrogens with zero attached hydrogens (tertiary/aromatic N) is 2. The van der Waals surface area contributed by atoms with Gasteiger partial charge in [0.2, 0.25) is 5.91 Å². The zero-order valence-electron chi connectivity index (χ0n) is 15.3. The Morgan fingerprint density at radius 2 is 1.50 bits per heavy atom. The molecule has 3 rings (SSSR count). The summed E-state index contributed by atoms with van der Waals surface area (Å²) in [5, 5.41) is 3.02. The predicted molar refractivity (Wildman–Crippen MR) is 104 cm³/mol. The van der Waals surface area contributed by atoms with E-state index in [1.807, 2.05) is 61.2 Å². The smallest absolute Gasteiger partial charge is 0.255 e. The highest BCUT2D eigenvalue weighted by molar-refractivity contribution is 6.05. The second-order valence-electron chi connectivity index (χ2n) is 6.80. The fourth-order valence-electron chi connectivity index (χ4n) is 3.17. The topological polar surface area (TPSA) is 52.7 Å². The first-order valence-corrected chi connectivity index (χ1v) is 9.05. The molecule has 1 aliphatic heterocycles.